The van der Waals surface area contributed by atoms with Gasteiger partial charge < -0.3 is 5.73 Å². The molecule has 14 heavy (non-hydrogen) atoms. The van der Waals surface area contributed by atoms with Gasteiger partial charge in [-0.3, -0.25) is 0 Å². The van der Waals surface area contributed by atoms with Crippen molar-refractivity contribution < 1.29 is 0 Å². The van der Waals surface area contributed by atoms with E-state index in [1.165, 1.54) is 12.8 Å². The second-order valence-corrected chi connectivity index (χ2v) is 4.35. The zero-order valence-corrected chi connectivity index (χ0v) is 9.87. The highest BCUT2D eigenvalue weighted by Gasteiger charge is 2.29. The zero-order valence-electron chi connectivity index (χ0n) is 7.54. The summed E-state index contributed by atoms with van der Waals surface area (Å²) in [4.78, 5) is 0. The topological polar surface area (TPSA) is 26.0 Å². The fraction of sp³-hybridized carbons (Fsp3) is 0.400. The maximum absolute atomic E-state index is 6.02. The average molecular weight is 253 g/mol. The lowest BCUT2D eigenvalue weighted by Gasteiger charge is -2.10. The molecule has 1 aliphatic rings. The maximum atomic E-state index is 6.02. The van der Waals surface area contributed by atoms with E-state index in [-0.39, 0.29) is 18.4 Å². The highest BCUT2D eigenvalue weighted by Crippen LogP contribution is 2.40. The van der Waals surface area contributed by atoms with Crippen LogP contribution in [0.4, 0.5) is 0 Å². The van der Waals surface area contributed by atoms with E-state index in [2.05, 4.69) is 0 Å². The predicted octanol–water partition coefficient (Wildman–Crippen LogP) is 3.83. The Hall–Kier alpha value is 0.0500. The normalized spacial score (nSPS) is 17.4. The van der Waals surface area contributed by atoms with Crippen molar-refractivity contribution >= 4 is 35.6 Å². The summed E-state index contributed by atoms with van der Waals surface area (Å²) in [6, 6.07) is 5.76. The second kappa shape index (κ2) is 4.71. The monoisotopic (exact) mass is 251 g/mol. The van der Waals surface area contributed by atoms with Crippen LogP contribution in [-0.2, 0) is 0 Å². The Morgan fingerprint density at radius 2 is 1.86 bits per heavy atom. The van der Waals surface area contributed by atoms with E-state index in [1.54, 1.807) is 0 Å². The molecule has 0 bridgehead atoms. The molecule has 0 spiro atoms. The molecule has 1 fully saturated rings. The van der Waals surface area contributed by atoms with Crippen LogP contribution in [-0.4, -0.2) is 0 Å². The summed E-state index contributed by atoms with van der Waals surface area (Å²) in [5, 5.41) is 1.18. The van der Waals surface area contributed by atoms with Crippen molar-refractivity contribution in [3.05, 3.63) is 33.8 Å². The number of hydrogen-bond donors (Lipinski definition) is 1. The highest BCUT2D eigenvalue weighted by molar-refractivity contribution is 6.42. The van der Waals surface area contributed by atoms with Gasteiger partial charge in [0.15, 0.2) is 0 Å². The van der Waals surface area contributed by atoms with Crippen LogP contribution in [0.5, 0.6) is 0 Å². The minimum absolute atomic E-state index is 0. The van der Waals surface area contributed by atoms with Gasteiger partial charge in [-0.1, -0.05) is 29.3 Å². The minimum atomic E-state index is 0. The molecule has 4 heteroatoms. The number of rotatable bonds is 2. The average Bonchev–Trinajstić information content (AvgIpc) is 2.91. The Kier molecular flexibility index (Phi) is 4.08. The highest BCUT2D eigenvalue weighted by atomic mass is 35.5. The molecule has 1 saturated carbocycles. The summed E-state index contributed by atoms with van der Waals surface area (Å²) in [5.41, 5.74) is 7.11. The quantitative estimate of drug-likeness (QED) is 0.851. The second-order valence-electron chi connectivity index (χ2n) is 3.54. The van der Waals surface area contributed by atoms with E-state index < -0.39 is 0 Å². The van der Waals surface area contributed by atoms with Crippen molar-refractivity contribution in [2.24, 2.45) is 11.7 Å². The Bertz CT molecular complexity index is 323. The van der Waals surface area contributed by atoms with Gasteiger partial charge in [-0.2, -0.15) is 0 Å². The van der Waals surface area contributed by atoms with E-state index >= 15 is 0 Å². The van der Waals surface area contributed by atoms with E-state index in [1.807, 2.05) is 18.2 Å². The van der Waals surface area contributed by atoms with Gasteiger partial charge in [0, 0.05) is 6.04 Å². The first-order valence-electron chi connectivity index (χ1n) is 4.39. The first kappa shape index (κ1) is 12.1. The molecule has 0 aromatic heterocycles. The van der Waals surface area contributed by atoms with Crippen LogP contribution in [0.15, 0.2) is 18.2 Å². The van der Waals surface area contributed by atoms with Gasteiger partial charge in [0.2, 0.25) is 0 Å². The standard InChI is InChI=1S/C10H11Cl2N.ClH/c11-8-4-3-7(5-9(8)12)10(13)6-1-2-6;/h3-6,10H,1-2,13H2;1H/t10-;/m0./s1. The number of benzene rings is 1. The summed E-state index contributed by atoms with van der Waals surface area (Å²) >= 11 is 11.7. The van der Waals surface area contributed by atoms with Crippen LogP contribution in [0.25, 0.3) is 0 Å². The molecule has 78 valence electrons. The van der Waals surface area contributed by atoms with Crippen LogP contribution in [0, 0.1) is 5.92 Å². The van der Waals surface area contributed by atoms with Crippen LogP contribution < -0.4 is 5.73 Å². The van der Waals surface area contributed by atoms with Crippen molar-refractivity contribution in [3.63, 3.8) is 0 Å². The molecule has 0 unspecified atom stereocenters. The molecule has 1 aromatic rings. The Balaban J connectivity index is 0.000000980. The third kappa shape index (κ3) is 2.54. The molecule has 0 aliphatic heterocycles. The van der Waals surface area contributed by atoms with Gasteiger partial charge in [-0.05, 0) is 36.5 Å². The molecule has 2 rings (SSSR count). The lowest BCUT2D eigenvalue weighted by atomic mass is 10.0. The van der Waals surface area contributed by atoms with Crippen LogP contribution in [0.1, 0.15) is 24.4 Å². The number of halogens is 3. The molecule has 0 saturated heterocycles. The number of hydrogen-bond acceptors (Lipinski definition) is 1. The smallest absolute Gasteiger partial charge is 0.0595 e. The van der Waals surface area contributed by atoms with Crippen molar-refractivity contribution in [2.75, 3.05) is 0 Å². The minimum Gasteiger partial charge on any atom is -0.324 e. The summed E-state index contributed by atoms with van der Waals surface area (Å²) in [7, 11) is 0. The van der Waals surface area contributed by atoms with E-state index in [0.717, 1.165) is 5.56 Å². The molecule has 2 N–H and O–H groups in total. The largest absolute Gasteiger partial charge is 0.324 e. The van der Waals surface area contributed by atoms with E-state index in [9.17, 15) is 0 Å². The van der Waals surface area contributed by atoms with Crippen molar-refractivity contribution in [2.45, 2.75) is 18.9 Å². The Morgan fingerprint density at radius 1 is 1.21 bits per heavy atom. The maximum Gasteiger partial charge on any atom is 0.0595 e. The molecule has 0 amide bonds. The zero-order chi connectivity index (χ0) is 9.42. The van der Waals surface area contributed by atoms with E-state index in [0.29, 0.717) is 16.0 Å². The molecule has 1 aliphatic carbocycles. The van der Waals surface area contributed by atoms with Gasteiger partial charge >= 0.3 is 0 Å². The first-order valence-corrected chi connectivity index (χ1v) is 5.14. The molecule has 1 atom stereocenters. The summed E-state index contributed by atoms with van der Waals surface area (Å²) < 4.78 is 0. The fourth-order valence-electron chi connectivity index (χ4n) is 1.45. The lowest BCUT2D eigenvalue weighted by molar-refractivity contribution is 0.633. The van der Waals surface area contributed by atoms with Crippen LogP contribution >= 0.6 is 35.6 Å². The number of nitrogens with two attached hydrogens (primary N) is 1. The van der Waals surface area contributed by atoms with Crippen LogP contribution in [0.2, 0.25) is 10.0 Å². The SMILES string of the molecule is Cl.N[C@H](c1ccc(Cl)c(Cl)c1)C1CC1. The summed E-state index contributed by atoms with van der Waals surface area (Å²) in [6.07, 6.45) is 2.48. The Morgan fingerprint density at radius 3 is 2.36 bits per heavy atom. The summed E-state index contributed by atoms with van der Waals surface area (Å²) in [5.74, 6) is 0.650. The van der Waals surface area contributed by atoms with Crippen molar-refractivity contribution in [3.8, 4) is 0 Å². The predicted molar refractivity (Wildman–Crippen MR) is 63.4 cm³/mol. The van der Waals surface area contributed by atoms with Gasteiger partial charge in [0.25, 0.3) is 0 Å². The molecule has 1 aromatic carbocycles. The third-order valence-corrected chi connectivity index (χ3v) is 3.20. The molecule has 1 nitrogen and oxygen atoms in total. The van der Waals surface area contributed by atoms with Crippen molar-refractivity contribution in [1.29, 1.82) is 0 Å². The lowest BCUT2D eigenvalue weighted by Crippen LogP contribution is -2.12. The van der Waals surface area contributed by atoms with E-state index in [4.69, 9.17) is 28.9 Å². The first-order chi connectivity index (χ1) is 6.18. The molecular weight excluding hydrogens is 240 g/mol. The molecule has 0 heterocycles. The van der Waals surface area contributed by atoms with Crippen LogP contribution in [0.3, 0.4) is 0 Å². The van der Waals surface area contributed by atoms with Gasteiger partial charge in [-0.15, -0.1) is 12.4 Å². The van der Waals surface area contributed by atoms with Gasteiger partial charge in [-0.25, -0.2) is 0 Å². The Labute approximate surface area is 100.0 Å². The van der Waals surface area contributed by atoms with Crippen molar-refractivity contribution in [1.82, 2.24) is 0 Å². The third-order valence-electron chi connectivity index (χ3n) is 2.46. The fourth-order valence-corrected chi connectivity index (χ4v) is 1.75. The molecular formula is C10H12Cl3N. The molecule has 0 radical (unpaired) electrons. The summed E-state index contributed by atoms with van der Waals surface area (Å²) in [6.45, 7) is 0. The van der Waals surface area contributed by atoms with Gasteiger partial charge in [0.1, 0.15) is 0 Å². The van der Waals surface area contributed by atoms with Gasteiger partial charge in [0.05, 0.1) is 10.0 Å².